The third-order valence-corrected chi connectivity index (χ3v) is 4.60. The highest BCUT2D eigenvalue weighted by atomic mass is 32.2. The second kappa shape index (κ2) is 6.56. The molecule has 0 amide bonds. The largest absolute Gasteiger partial charge is 0.362 e. The van der Waals surface area contributed by atoms with Crippen LogP contribution in [0.1, 0.15) is 24.2 Å². The lowest BCUT2D eigenvalue weighted by Crippen LogP contribution is -2.22. The Morgan fingerprint density at radius 2 is 2.00 bits per heavy atom. The smallest absolute Gasteiger partial charge is 0.254 e. The van der Waals surface area contributed by atoms with Crippen molar-refractivity contribution < 1.29 is 8.42 Å². The molecule has 8 heteroatoms. The SMILES string of the molecule is CCc1cc(N[C@@H](CS(C)(=O)=O)c2ccccc2)n2ncnc2n1. The van der Waals surface area contributed by atoms with E-state index in [1.54, 1.807) is 4.52 Å². The average Bonchev–Trinajstić information content (AvgIpc) is 3.02. The van der Waals surface area contributed by atoms with Crippen LogP contribution in [0.3, 0.4) is 0 Å². The fourth-order valence-electron chi connectivity index (χ4n) is 2.53. The van der Waals surface area contributed by atoms with Crippen LogP contribution < -0.4 is 5.32 Å². The summed E-state index contributed by atoms with van der Waals surface area (Å²) in [4.78, 5) is 8.53. The summed E-state index contributed by atoms with van der Waals surface area (Å²) in [6.45, 7) is 2.00. The maximum Gasteiger partial charge on any atom is 0.254 e. The summed E-state index contributed by atoms with van der Waals surface area (Å²) in [6.07, 6.45) is 3.42. The van der Waals surface area contributed by atoms with Crippen LogP contribution in [0.2, 0.25) is 0 Å². The van der Waals surface area contributed by atoms with Gasteiger partial charge in [0.2, 0.25) is 0 Å². The number of nitrogens with one attached hydrogen (secondary N) is 1. The van der Waals surface area contributed by atoms with Gasteiger partial charge in [-0.3, -0.25) is 0 Å². The molecule has 126 valence electrons. The van der Waals surface area contributed by atoms with Crippen LogP contribution in [-0.4, -0.2) is 40.0 Å². The van der Waals surface area contributed by atoms with E-state index >= 15 is 0 Å². The van der Waals surface area contributed by atoms with Crippen molar-refractivity contribution in [3.8, 4) is 0 Å². The monoisotopic (exact) mass is 345 g/mol. The standard InChI is InChI=1S/C16H19N5O2S/c1-3-13-9-15(21-16(19-13)17-11-18-21)20-14(10-24(2,22)23)12-7-5-4-6-8-12/h4-9,11,14,20H,3,10H2,1-2H3/t14-/m0/s1. The Kier molecular flexibility index (Phi) is 4.48. The van der Waals surface area contributed by atoms with Crippen molar-refractivity contribution in [1.29, 1.82) is 0 Å². The molecule has 0 fully saturated rings. The van der Waals surface area contributed by atoms with E-state index < -0.39 is 9.84 Å². The van der Waals surface area contributed by atoms with Crippen molar-refractivity contribution in [3.63, 3.8) is 0 Å². The van der Waals surface area contributed by atoms with E-state index in [1.165, 1.54) is 12.6 Å². The van der Waals surface area contributed by atoms with E-state index in [4.69, 9.17) is 0 Å². The van der Waals surface area contributed by atoms with Gasteiger partial charge in [-0.25, -0.2) is 13.4 Å². The van der Waals surface area contributed by atoms with Crippen LogP contribution in [0, 0.1) is 0 Å². The Labute approximate surface area is 140 Å². The Hall–Kier alpha value is -2.48. The second-order valence-electron chi connectivity index (χ2n) is 5.66. The zero-order valence-corrected chi connectivity index (χ0v) is 14.4. The molecule has 3 rings (SSSR count). The van der Waals surface area contributed by atoms with Gasteiger partial charge in [0.15, 0.2) is 0 Å². The van der Waals surface area contributed by atoms with Gasteiger partial charge in [-0.15, -0.1) is 0 Å². The molecule has 0 aliphatic carbocycles. The predicted octanol–water partition coefficient (Wildman–Crippen LogP) is 1.88. The Balaban J connectivity index is 2.03. The highest BCUT2D eigenvalue weighted by Crippen LogP contribution is 2.22. The Morgan fingerprint density at radius 3 is 2.67 bits per heavy atom. The van der Waals surface area contributed by atoms with Crippen molar-refractivity contribution in [2.75, 3.05) is 17.3 Å². The van der Waals surface area contributed by atoms with Crippen LogP contribution in [0.5, 0.6) is 0 Å². The lowest BCUT2D eigenvalue weighted by atomic mass is 10.1. The number of rotatable bonds is 6. The van der Waals surface area contributed by atoms with Crippen molar-refractivity contribution in [2.24, 2.45) is 0 Å². The Morgan fingerprint density at radius 1 is 1.25 bits per heavy atom. The molecule has 0 bridgehead atoms. The number of aromatic nitrogens is 4. The van der Waals surface area contributed by atoms with Gasteiger partial charge in [-0.1, -0.05) is 37.3 Å². The summed E-state index contributed by atoms with van der Waals surface area (Å²) < 4.78 is 25.3. The lowest BCUT2D eigenvalue weighted by Gasteiger charge is -2.20. The van der Waals surface area contributed by atoms with Crippen molar-refractivity contribution in [1.82, 2.24) is 19.6 Å². The minimum atomic E-state index is -3.17. The molecule has 24 heavy (non-hydrogen) atoms. The molecule has 2 heterocycles. The maximum absolute atomic E-state index is 11.9. The highest BCUT2D eigenvalue weighted by Gasteiger charge is 2.19. The number of nitrogens with zero attached hydrogens (tertiary/aromatic N) is 4. The fourth-order valence-corrected chi connectivity index (χ4v) is 3.41. The van der Waals surface area contributed by atoms with Crippen molar-refractivity contribution >= 4 is 21.4 Å². The van der Waals surface area contributed by atoms with Crippen molar-refractivity contribution in [3.05, 3.63) is 54.0 Å². The van der Waals surface area contributed by atoms with E-state index in [2.05, 4.69) is 20.4 Å². The first kappa shape index (κ1) is 16.4. The third-order valence-electron chi connectivity index (χ3n) is 3.66. The normalized spacial score (nSPS) is 13.1. The van der Waals surface area contributed by atoms with E-state index in [0.717, 1.165) is 17.7 Å². The Bertz CT molecular complexity index is 938. The summed E-state index contributed by atoms with van der Waals surface area (Å²) in [6, 6.07) is 11.0. The van der Waals surface area contributed by atoms with Gasteiger partial charge in [0, 0.05) is 18.0 Å². The van der Waals surface area contributed by atoms with Gasteiger partial charge >= 0.3 is 0 Å². The van der Waals surface area contributed by atoms with E-state index in [-0.39, 0.29) is 11.8 Å². The molecular weight excluding hydrogens is 326 g/mol. The molecule has 1 aromatic carbocycles. The zero-order chi connectivity index (χ0) is 17.2. The molecular formula is C16H19N5O2S. The fraction of sp³-hybridized carbons (Fsp3) is 0.312. The number of benzene rings is 1. The summed E-state index contributed by atoms with van der Waals surface area (Å²) in [5.74, 6) is 1.15. The summed E-state index contributed by atoms with van der Waals surface area (Å²) in [5, 5.41) is 7.47. The highest BCUT2D eigenvalue weighted by molar-refractivity contribution is 7.90. The first-order chi connectivity index (χ1) is 11.5. The summed E-state index contributed by atoms with van der Waals surface area (Å²) in [5.41, 5.74) is 1.76. The van der Waals surface area contributed by atoms with Crippen molar-refractivity contribution in [2.45, 2.75) is 19.4 Å². The van der Waals surface area contributed by atoms with E-state index in [0.29, 0.717) is 11.6 Å². The molecule has 3 aromatic rings. The molecule has 1 N–H and O–H groups in total. The summed E-state index contributed by atoms with van der Waals surface area (Å²) >= 11 is 0. The van der Waals surface area contributed by atoms with Gasteiger partial charge < -0.3 is 5.32 Å². The molecule has 0 spiro atoms. The molecule has 0 saturated carbocycles. The van der Waals surface area contributed by atoms with E-state index in [9.17, 15) is 8.42 Å². The maximum atomic E-state index is 11.9. The number of fused-ring (bicyclic) bond motifs is 1. The first-order valence-corrected chi connectivity index (χ1v) is 9.71. The van der Waals surface area contributed by atoms with Gasteiger partial charge in [0.1, 0.15) is 22.0 Å². The van der Waals surface area contributed by atoms with E-state index in [1.807, 2.05) is 43.3 Å². The molecule has 0 aliphatic heterocycles. The van der Waals surface area contributed by atoms with Crippen LogP contribution >= 0.6 is 0 Å². The minimum absolute atomic E-state index is 0.0169. The van der Waals surface area contributed by atoms with Gasteiger partial charge in [-0.05, 0) is 12.0 Å². The summed E-state index contributed by atoms with van der Waals surface area (Å²) in [7, 11) is -3.17. The molecule has 0 saturated heterocycles. The second-order valence-corrected chi connectivity index (χ2v) is 7.84. The number of anilines is 1. The number of sulfone groups is 1. The molecule has 2 aromatic heterocycles. The van der Waals surface area contributed by atoms with Crippen LogP contribution in [-0.2, 0) is 16.3 Å². The van der Waals surface area contributed by atoms with Gasteiger partial charge in [0.05, 0.1) is 11.8 Å². The molecule has 0 aliphatic rings. The molecule has 7 nitrogen and oxygen atoms in total. The number of hydrogen-bond donors (Lipinski definition) is 1. The number of aryl methyl sites for hydroxylation is 1. The third kappa shape index (κ3) is 3.70. The quantitative estimate of drug-likeness (QED) is 0.734. The topological polar surface area (TPSA) is 89.2 Å². The molecule has 0 radical (unpaired) electrons. The molecule has 1 atom stereocenters. The number of hydrogen-bond acceptors (Lipinski definition) is 6. The zero-order valence-electron chi connectivity index (χ0n) is 13.5. The molecule has 0 unspecified atom stereocenters. The predicted molar refractivity (Wildman–Crippen MR) is 92.7 cm³/mol. The minimum Gasteiger partial charge on any atom is -0.362 e. The lowest BCUT2D eigenvalue weighted by molar-refractivity contribution is 0.597. The first-order valence-electron chi connectivity index (χ1n) is 7.65. The van der Waals surface area contributed by atoms with Gasteiger partial charge in [0.25, 0.3) is 5.78 Å². The van der Waals surface area contributed by atoms with Crippen LogP contribution in [0.15, 0.2) is 42.7 Å². The van der Waals surface area contributed by atoms with Gasteiger partial charge in [-0.2, -0.15) is 14.6 Å². The van der Waals surface area contributed by atoms with Crippen LogP contribution in [0.25, 0.3) is 5.78 Å². The van der Waals surface area contributed by atoms with Crippen LogP contribution in [0.4, 0.5) is 5.82 Å². The average molecular weight is 345 g/mol.